The minimum atomic E-state index is -0.261. The van der Waals surface area contributed by atoms with Gasteiger partial charge in [-0.1, -0.05) is 17.7 Å². The summed E-state index contributed by atoms with van der Waals surface area (Å²) in [7, 11) is 0. The first-order valence-electron chi connectivity index (χ1n) is 5.08. The molecule has 1 atom stereocenters. The summed E-state index contributed by atoms with van der Waals surface area (Å²) in [5.74, 6) is 5.28. The van der Waals surface area contributed by atoms with Crippen LogP contribution in [0.3, 0.4) is 0 Å². The van der Waals surface area contributed by atoms with Gasteiger partial charge in [-0.3, -0.25) is 5.84 Å². The van der Waals surface area contributed by atoms with Crippen LogP contribution in [0.4, 0.5) is 4.39 Å². The third-order valence-corrected chi connectivity index (χ3v) is 3.74. The molecule has 2 rings (SSSR count). The molecule has 0 aliphatic heterocycles. The SMILES string of the molecule is Cc1cc(F)cc(C(NN)c2ccc(Cl)s2)c1. The largest absolute Gasteiger partial charge is 0.271 e. The van der Waals surface area contributed by atoms with Crippen molar-refractivity contribution in [3.05, 3.63) is 56.5 Å². The van der Waals surface area contributed by atoms with E-state index < -0.39 is 0 Å². The van der Waals surface area contributed by atoms with E-state index in [9.17, 15) is 4.39 Å². The number of rotatable bonds is 3. The van der Waals surface area contributed by atoms with Crippen LogP contribution in [-0.4, -0.2) is 0 Å². The van der Waals surface area contributed by atoms with Crippen LogP contribution in [0.5, 0.6) is 0 Å². The maximum absolute atomic E-state index is 13.4. The lowest BCUT2D eigenvalue weighted by Crippen LogP contribution is -2.28. The molecular weight excluding hydrogens is 259 g/mol. The number of nitrogens with two attached hydrogens (primary N) is 1. The van der Waals surface area contributed by atoms with Crippen molar-refractivity contribution in [1.82, 2.24) is 5.43 Å². The Kier molecular flexibility index (Phi) is 3.79. The molecule has 1 aromatic heterocycles. The summed E-state index contributed by atoms with van der Waals surface area (Å²) in [6.45, 7) is 1.85. The van der Waals surface area contributed by atoms with Crippen LogP contribution in [0.2, 0.25) is 4.34 Å². The Balaban J connectivity index is 2.41. The van der Waals surface area contributed by atoms with Gasteiger partial charge in [0.2, 0.25) is 0 Å². The lowest BCUT2D eigenvalue weighted by atomic mass is 10.0. The van der Waals surface area contributed by atoms with Gasteiger partial charge in [0.25, 0.3) is 0 Å². The molecule has 0 fully saturated rings. The van der Waals surface area contributed by atoms with Crippen molar-refractivity contribution in [2.75, 3.05) is 0 Å². The first-order chi connectivity index (χ1) is 8.10. The van der Waals surface area contributed by atoms with Gasteiger partial charge >= 0.3 is 0 Å². The lowest BCUT2D eigenvalue weighted by Gasteiger charge is -2.15. The summed E-state index contributed by atoms with van der Waals surface area (Å²) >= 11 is 7.31. The second kappa shape index (κ2) is 5.14. The molecule has 3 N–H and O–H groups in total. The molecule has 1 unspecified atom stereocenters. The van der Waals surface area contributed by atoms with E-state index in [1.54, 1.807) is 6.07 Å². The van der Waals surface area contributed by atoms with Crippen LogP contribution >= 0.6 is 22.9 Å². The van der Waals surface area contributed by atoms with Gasteiger partial charge in [0.05, 0.1) is 10.4 Å². The molecule has 1 heterocycles. The number of thiophene rings is 1. The molecule has 0 aliphatic carbocycles. The number of halogens is 2. The van der Waals surface area contributed by atoms with E-state index in [0.29, 0.717) is 4.34 Å². The summed E-state index contributed by atoms with van der Waals surface area (Å²) in [5, 5.41) is 0. The topological polar surface area (TPSA) is 38.0 Å². The first kappa shape index (κ1) is 12.5. The van der Waals surface area contributed by atoms with Gasteiger partial charge < -0.3 is 0 Å². The molecule has 2 nitrogen and oxygen atoms in total. The second-order valence-electron chi connectivity index (χ2n) is 3.80. The standard InChI is InChI=1S/C12H12ClFN2S/c1-7-4-8(6-9(14)5-7)12(16-15)10-2-3-11(13)17-10/h2-6,12,16H,15H2,1H3. The number of nitrogens with one attached hydrogen (secondary N) is 1. The van der Waals surface area contributed by atoms with Crippen LogP contribution in [0.25, 0.3) is 0 Å². The predicted molar refractivity (Wildman–Crippen MR) is 69.6 cm³/mol. The Morgan fingerprint density at radius 3 is 2.65 bits per heavy atom. The van der Waals surface area contributed by atoms with Crippen LogP contribution in [0.1, 0.15) is 22.0 Å². The Morgan fingerprint density at radius 2 is 2.12 bits per heavy atom. The average molecular weight is 271 g/mol. The molecule has 0 saturated carbocycles. The zero-order chi connectivity index (χ0) is 12.4. The highest BCUT2D eigenvalue weighted by molar-refractivity contribution is 7.16. The number of hydrogen-bond donors (Lipinski definition) is 2. The predicted octanol–water partition coefficient (Wildman–Crippen LogP) is 3.40. The molecule has 5 heteroatoms. The molecule has 90 valence electrons. The molecule has 2 aromatic rings. The van der Waals surface area contributed by atoms with Gasteiger partial charge in [-0.15, -0.1) is 11.3 Å². The fourth-order valence-corrected chi connectivity index (χ4v) is 2.91. The highest BCUT2D eigenvalue weighted by atomic mass is 35.5. The minimum Gasteiger partial charge on any atom is -0.271 e. The summed E-state index contributed by atoms with van der Waals surface area (Å²) in [6.07, 6.45) is 0. The Hall–Kier alpha value is -0.940. The van der Waals surface area contributed by atoms with Gasteiger partial charge in [0.1, 0.15) is 5.82 Å². The Bertz CT molecular complexity index is 507. The van der Waals surface area contributed by atoms with E-state index in [0.717, 1.165) is 16.0 Å². The number of hydrogen-bond acceptors (Lipinski definition) is 3. The van der Waals surface area contributed by atoms with Crippen molar-refractivity contribution in [3.63, 3.8) is 0 Å². The fourth-order valence-electron chi connectivity index (χ4n) is 1.76. The van der Waals surface area contributed by atoms with Crippen molar-refractivity contribution in [2.24, 2.45) is 5.84 Å². The summed E-state index contributed by atoms with van der Waals surface area (Å²) in [4.78, 5) is 0.961. The Labute approximate surface area is 108 Å². The molecule has 1 aromatic carbocycles. The summed E-state index contributed by atoms with van der Waals surface area (Å²) in [5.41, 5.74) is 4.35. The van der Waals surface area contributed by atoms with E-state index in [2.05, 4.69) is 5.43 Å². The number of hydrazine groups is 1. The zero-order valence-electron chi connectivity index (χ0n) is 9.21. The fraction of sp³-hybridized carbons (Fsp3) is 0.167. The molecule has 17 heavy (non-hydrogen) atoms. The van der Waals surface area contributed by atoms with Crippen molar-refractivity contribution in [2.45, 2.75) is 13.0 Å². The van der Waals surface area contributed by atoms with Gasteiger partial charge in [-0.25, -0.2) is 9.82 Å². The van der Waals surface area contributed by atoms with Crippen LogP contribution in [-0.2, 0) is 0 Å². The molecule has 0 saturated heterocycles. The molecular formula is C12H12ClFN2S. The maximum Gasteiger partial charge on any atom is 0.123 e. The van der Waals surface area contributed by atoms with E-state index in [4.69, 9.17) is 17.4 Å². The lowest BCUT2D eigenvalue weighted by molar-refractivity contribution is 0.607. The van der Waals surface area contributed by atoms with Gasteiger partial charge in [0.15, 0.2) is 0 Å². The minimum absolute atomic E-state index is 0.234. The molecule has 0 radical (unpaired) electrons. The van der Waals surface area contributed by atoms with Gasteiger partial charge in [0, 0.05) is 4.88 Å². The molecule has 0 amide bonds. The van der Waals surface area contributed by atoms with Crippen molar-refractivity contribution in [1.29, 1.82) is 0 Å². The van der Waals surface area contributed by atoms with E-state index in [-0.39, 0.29) is 11.9 Å². The van der Waals surface area contributed by atoms with E-state index in [1.807, 2.05) is 19.1 Å². The van der Waals surface area contributed by atoms with Crippen LogP contribution < -0.4 is 11.3 Å². The van der Waals surface area contributed by atoms with Crippen LogP contribution in [0.15, 0.2) is 30.3 Å². The number of benzene rings is 1. The maximum atomic E-state index is 13.4. The quantitative estimate of drug-likeness (QED) is 0.663. The average Bonchev–Trinajstić information content (AvgIpc) is 2.64. The highest BCUT2D eigenvalue weighted by Crippen LogP contribution is 2.31. The van der Waals surface area contributed by atoms with E-state index in [1.165, 1.54) is 23.5 Å². The third-order valence-electron chi connectivity index (χ3n) is 2.44. The second-order valence-corrected chi connectivity index (χ2v) is 5.55. The van der Waals surface area contributed by atoms with Gasteiger partial charge in [-0.05, 0) is 42.3 Å². The number of aryl methyl sites for hydroxylation is 1. The summed E-state index contributed by atoms with van der Waals surface area (Å²) in [6, 6.07) is 8.32. The summed E-state index contributed by atoms with van der Waals surface area (Å²) < 4.78 is 14.0. The first-order valence-corrected chi connectivity index (χ1v) is 6.28. The van der Waals surface area contributed by atoms with Crippen molar-refractivity contribution >= 4 is 22.9 Å². The van der Waals surface area contributed by atoms with Crippen LogP contribution in [0, 0.1) is 12.7 Å². The smallest absolute Gasteiger partial charge is 0.123 e. The third kappa shape index (κ3) is 2.84. The highest BCUT2D eigenvalue weighted by Gasteiger charge is 2.15. The Morgan fingerprint density at radius 1 is 1.35 bits per heavy atom. The normalized spacial score (nSPS) is 12.7. The van der Waals surface area contributed by atoms with Crippen molar-refractivity contribution in [3.8, 4) is 0 Å². The van der Waals surface area contributed by atoms with Gasteiger partial charge in [-0.2, -0.15) is 0 Å². The molecule has 0 aliphatic rings. The van der Waals surface area contributed by atoms with E-state index >= 15 is 0 Å². The molecule has 0 bridgehead atoms. The molecule has 0 spiro atoms. The monoisotopic (exact) mass is 270 g/mol. The zero-order valence-corrected chi connectivity index (χ0v) is 10.8. The van der Waals surface area contributed by atoms with Crippen molar-refractivity contribution < 1.29 is 4.39 Å².